The molecule has 7 heteroatoms. The van der Waals surface area contributed by atoms with Crippen LogP contribution in [0.4, 0.5) is 0 Å². The van der Waals surface area contributed by atoms with Crippen LogP contribution in [-0.2, 0) is 14.9 Å². The van der Waals surface area contributed by atoms with Crippen molar-refractivity contribution in [2.75, 3.05) is 0 Å². The van der Waals surface area contributed by atoms with E-state index in [-0.39, 0.29) is 4.21 Å². The summed E-state index contributed by atoms with van der Waals surface area (Å²) in [7, 11) is -3.63. The van der Waals surface area contributed by atoms with Crippen LogP contribution in [0.15, 0.2) is 10.3 Å². The molecule has 0 saturated carbocycles. The fourth-order valence-electron chi connectivity index (χ4n) is 0.785. The smallest absolute Gasteiger partial charge is 0.272 e. The highest BCUT2D eigenvalue weighted by Gasteiger charge is 2.21. The number of halogens is 1. The number of aryl methyl sites for hydroxylation is 1. The summed E-state index contributed by atoms with van der Waals surface area (Å²) in [6.45, 7) is 7.01. The van der Waals surface area contributed by atoms with Gasteiger partial charge in [0, 0.05) is 0 Å². The monoisotopic (exact) mass is 283 g/mol. The number of hydrogen-bond donors (Lipinski definition) is 1. The largest absolute Gasteiger partial charge is 0.281 e. The second kappa shape index (κ2) is 4.62. The van der Waals surface area contributed by atoms with Crippen molar-refractivity contribution in [1.29, 1.82) is 0 Å². The Hall–Kier alpha value is -0.140. The summed E-state index contributed by atoms with van der Waals surface area (Å²) in [5.41, 5.74) is 0.159. The van der Waals surface area contributed by atoms with E-state index in [4.69, 9.17) is 16.4 Å². The maximum atomic E-state index is 11.8. The van der Waals surface area contributed by atoms with Gasteiger partial charge < -0.3 is 0 Å². The molecule has 0 atom stereocenters. The molecular formula is C9H14ClNO3S2. The second-order valence-corrected chi connectivity index (χ2v) is 7.85. The molecule has 16 heavy (non-hydrogen) atoms. The number of hydrogen-bond acceptors (Lipinski definition) is 4. The summed E-state index contributed by atoms with van der Waals surface area (Å²) in [5, 5.41) is 0. The Morgan fingerprint density at radius 1 is 1.44 bits per heavy atom. The van der Waals surface area contributed by atoms with Crippen LogP contribution < -0.4 is 4.89 Å². The van der Waals surface area contributed by atoms with Gasteiger partial charge in [-0.15, -0.1) is 11.3 Å². The first-order chi connectivity index (χ1) is 7.12. The Balaban J connectivity index is 2.87. The average molecular weight is 284 g/mol. The molecule has 0 bridgehead atoms. The maximum Gasteiger partial charge on any atom is 0.272 e. The van der Waals surface area contributed by atoms with Crippen molar-refractivity contribution in [1.82, 2.24) is 4.89 Å². The Morgan fingerprint density at radius 3 is 2.38 bits per heavy atom. The molecule has 0 saturated heterocycles. The molecular weight excluding hydrogens is 270 g/mol. The van der Waals surface area contributed by atoms with E-state index in [1.54, 1.807) is 27.7 Å². The zero-order valence-electron chi connectivity index (χ0n) is 9.50. The Kier molecular flexibility index (Phi) is 4.02. The molecule has 0 aliphatic rings. The van der Waals surface area contributed by atoms with Crippen molar-refractivity contribution in [3.05, 3.63) is 16.0 Å². The van der Waals surface area contributed by atoms with Gasteiger partial charge in [-0.25, -0.2) is 8.42 Å². The lowest BCUT2D eigenvalue weighted by Gasteiger charge is -2.18. The second-order valence-electron chi connectivity index (χ2n) is 4.32. The van der Waals surface area contributed by atoms with Crippen LogP contribution in [0.1, 0.15) is 26.3 Å². The van der Waals surface area contributed by atoms with Gasteiger partial charge in [0.1, 0.15) is 4.21 Å². The Labute approximate surface area is 105 Å². The SMILES string of the molecule is Cc1cc(S(=O)(=O)NOC(C)(C)C)sc1Cl. The van der Waals surface area contributed by atoms with Crippen LogP contribution in [0.25, 0.3) is 0 Å². The number of nitrogens with one attached hydrogen (secondary N) is 1. The van der Waals surface area contributed by atoms with E-state index in [0.29, 0.717) is 4.34 Å². The summed E-state index contributed by atoms with van der Waals surface area (Å²) in [6.07, 6.45) is 0. The van der Waals surface area contributed by atoms with Crippen molar-refractivity contribution < 1.29 is 13.3 Å². The number of rotatable bonds is 3. The molecule has 1 N–H and O–H groups in total. The van der Waals surface area contributed by atoms with Crippen LogP contribution >= 0.6 is 22.9 Å². The first kappa shape index (κ1) is 13.9. The first-order valence-electron chi connectivity index (χ1n) is 4.57. The van der Waals surface area contributed by atoms with Gasteiger partial charge >= 0.3 is 0 Å². The minimum atomic E-state index is -3.63. The molecule has 92 valence electrons. The molecule has 0 aromatic carbocycles. The first-order valence-corrected chi connectivity index (χ1v) is 7.25. The highest BCUT2D eigenvalue weighted by atomic mass is 35.5. The lowest BCUT2D eigenvalue weighted by molar-refractivity contribution is -0.0356. The summed E-state index contributed by atoms with van der Waals surface area (Å²) >= 11 is 6.82. The highest BCUT2D eigenvalue weighted by molar-refractivity contribution is 7.91. The van der Waals surface area contributed by atoms with Gasteiger partial charge in [0.15, 0.2) is 0 Å². The summed E-state index contributed by atoms with van der Waals surface area (Å²) in [5.74, 6) is 0. The standard InChI is InChI=1S/C9H14ClNO3S2/c1-6-5-7(15-8(6)10)16(12,13)11-14-9(2,3)4/h5,11H,1-4H3. The third kappa shape index (κ3) is 3.71. The fraction of sp³-hybridized carbons (Fsp3) is 0.556. The van der Waals surface area contributed by atoms with E-state index >= 15 is 0 Å². The lowest BCUT2D eigenvalue weighted by atomic mass is 10.2. The predicted molar refractivity (Wildman–Crippen MR) is 65.2 cm³/mol. The van der Waals surface area contributed by atoms with Gasteiger partial charge in [0.05, 0.1) is 9.94 Å². The molecule has 4 nitrogen and oxygen atoms in total. The number of thiophene rings is 1. The molecule has 0 radical (unpaired) electrons. The highest BCUT2D eigenvalue weighted by Crippen LogP contribution is 2.30. The van der Waals surface area contributed by atoms with Gasteiger partial charge in [0.25, 0.3) is 10.0 Å². The van der Waals surface area contributed by atoms with Crippen LogP contribution in [0.5, 0.6) is 0 Å². The van der Waals surface area contributed by atoms with Crippen LogP contribution in [0.3, 0.4) is 0 Å². The molecule has 1 rings (SSSR count). The molecule has 0 spiro atoms. The Morgan fingerprint density at radius 2 is 2.00 bits per heavy atom. The van der Waals surface area contributed by atoms with E-state index in [0.717, 1.165) is 16.9 Å². The minimum Gasteiger partial charge on any atom is -0.281 e. The van der Waals surface area contributed by atoms with Gasteiger partial charge in [-0.2, -0.15) is 0 Å². The van der Waals surface area contributed by atoms with Crippen molar-refractivity contribution in [2.24, 2.45) is 0 Å². The normalized spacial score (nSPS) is 13.1. The zero-order valence-corrected chi connectivity index (χ0v) is 11.9. The molecule has 0 fully saturated rings. The predicted octanol–water partition coefficient (Wildman–Crippen LogP) is 2.72. The van der Waals surface area contributed by atoms with Gasteiger partial charge in [-0.05, 0) is 39.3 Å². The summed E-state index contributed by atoms with van der Waals surface area (Å²) < 4.78 is 24.1. The van der Waals surface area contributed by atoms with Crippen LogP contribution in [-0.4, -0.2) is 14.0 Å². The molecule has 0 amide bonds. The van der Waals surface area contributed by atoms with E-state index in [1.165, 1.54) is 6.07 Å². The zero-order chi connectivity index (χ0) is 12.6. The van der Waals surface area contributed by atoms with Gasteiger partial charge in [-0.1, -0.05) is 16.5 Å². The summed E-state index contributed by atoms with van der Waals surface area (Å²) in [6, 6.07) is 1.52. The molecule has 0 aliphatic heterocycles. The van der Waals surface area contributed by atoms with Crippen molar-refractivity contribution in [3.63, 3.8) is 0 Å². The molecule has 1 aromatic rings. The van der Waals surface area contributed by atoms with E-state index in [1.807, 2.05) is 0 Å². The maximum absolute atomic E-state index is 11.8. The van der Waals surface area contributed by atoms with Gasteiger partial charge in [0.2, 0.25) is 0 Å². The molecule has 1 aromatic heterocycles. The minimum absolute atomic E-state index is 0.152. The summed E-state index contributed by atoms with van der Waals surface area (Å²) in [4.78, 5) is 7.10. The van der Waals surface area contributed by atoms with Crippen LogP contribution in [0.2, 0.25) is 4.34 Å². The topological polar surface area (TPSA) is 55.4 Å². The van der Waals surface area contributed by atoms with Crippen LogP contribution in [0, 0.1) is 6.92 Å². The quantitative estimate of drug-likeness (QED) is 0.868. The number of sulfonamides is 1. The Bertz CT molecular complexity index is 454. The average Bonchev–Trinajstić information content (AvgIpc) is 2.44. The molecule has 0 aliphatic carbocycles. The third-order valence-corrected chi connectivity index (χ3v) is 4.77. The molecule has 1 heterocycles. The van der Waals surface area contributed by atoms with Crippen molar-refractivity contribution in [3.8, 4) is 0 Å². The van der Waals surface area contributed by atoms with Crippen molar-refractivity contribution >= 4 is 33.0 Å². The van der Waals surface area contributed by atoms with E-state index < -0.39 is 15.6 Å². The third-order valence-electron chi connectivity index (χ3n) is 1.56. The fourth-order valence-corrected chi connectivity index (χ4v) is 3.42. The molecule has 0 unspecified atom stereocenters. The van der Waals surface area contributed by atoms with E-state index in [9.17, 15) is 8.42 Å². The lowest BCUT2D eigenvalue weighted by Crippen LogP contribution is -2.33. The van der Waals surface area contributed by atoms with Gasteiger partial charge in [-0.3, -0.25) is 4.84 Å². The van der Waals surface area contributed by atoms with E-state index in [2.05, 4.69) is 4.89 Å². The van der Waals surface area contributed by atoms with Crippen molar-refractivity contribution in [2.45, 2.75) is 37.5 Å².